The van der Waals surface area contributed by atoms with Gasteiger partial charge in [-0.1, -0.05) is 11.6 Å². The van der Waals surface area contributed by atoms with Crippen molar-refractivity contribution in [3.05, 3.63) is 28.8 Å². The van der Waals surface area contributed by atoms with Crippen LogP contribution >= 0.6 is 11.6 Å². The van der Waals surface area contributed by atoms with Crippen LogP contribution in [0.4, 0.5) is 10.1 Å². The van der Waals surface area contributed by atoms with Gasteiger partial charge >= 0.3 is 0 Å². The molecule has 5 heteroatoms. The van der Waals surface area contributed by atoms with Gasteiger partial charge in [0.05, 0.1) is 0 Å². The summed E-state index contributed by atoms with van der Waals surface area (Å²) in [6.45, 7) is -0.604. The molecule has 0 fully saturated rings. The van der Waals surface area contributed by atoms with Crippen molar-refractivity contribution < 1.29 is 9.18 Å². The Bertz CT molecular complexity index is 323. The molecule has 0 unspecified atom stereocenters. The number of rotatable bonds is 3. The van der Waals surface area contributed by atoms with E-state index in [1.54, 1.807) is 0 Å². The lowest BCUT2D eigenvalue weighted by Crippen LogP contribution is -2.25. The number of nitrogens with two attached hydrogens (primary N) is 1. The predicted molar refractivity (Wildman–Crippen MR) is 54.2 cm³/mol. The molecule has 0 atom stereocenters. The topological polar surface area (TPSA) is 55.1 Å². The van der Waals surface area contributed by atoms with E-state index in [1.807, 2.05) is 0 Å². The zero-order chi connectivity index (χ0) is 10.6. The van der Waals surface area contributed by atoms with Gasteiger partial charge in [0, 0.05) is 22.8 Å². The van der Waals surface area contributed by atoms with E-state index in [9.17, 15) is 9.18 Å². The number of carbonyl (C=O) groups is 1. The van der Waals surface area contributed by atoms with Gasteiger partial charge in [-0.25, -0.2) is 4.39 Å². The highest BCUT2D eigenvalue weighted by Gasteiger charge is 2.06. The second-order valence-electron chi connectivity index (χ2n) is 2.72. The first-order chi connectivity index (χ1) is 6.63. The smallest absolute Gasteiger partial charge is 0.251 e. The molecular weight excluding hydrogens is 207 g/mol. The molecule has 1 rings (SSSR count). The number of amides is 1. The summed E-state index contributed by atoms with van der Waals surface area (Å²) in [5.41, 5.74) is 6.23. The molecule has 0 saturated carbocycles. The number of hydrogen-bond acceptors (Lipinski definition) is 2. The summed E-state index contributed by atoms with van der Waals surface area (Å²) < 4.78 is 11.8. The molecule has 0 heterocycles. The van der Waals surface area contributed by atoms with Crippen LogP contribution in [0.25, 0.3) is 0 Å². The summed E-state index contributed by atoms with van der Waals surface area (Å²) in [4.78, 5) is 11.3. The zero-order valence-electron chi connectivity index (χ0n) is 7.39. The third-order valence-corrected chi connectivity index (χ3v) is 1.78. The number of anilines is 1. The standard InChI is InChI=1S/C9H10ClFN2O/c10-7-3-6(4-8(12)5-7)9(14)13-2-1-11/h3-5H,1-2,12H2,(H,13,14). The molecule has 0 radical (unpaired) electrons. The van der Waals surface area contributed by atoms with Crippen molar-refractivity contribution in [3.63, 3.8) is 0 Å². The number of alkyl halides is 1. The summed E-state index contributed by atoms with van der Waals surface area (Å²) >= 11 is 5.69. The maximum atomic E-state index is 11.8. The molecular formula is C9H10ClFN2O. The Labute approximate surface area is 86.0 Å². The van der Waals surface area contributed by atoms with E-state index >= 15 is 0 Å². The van der Waals surface area contributed by atoms with E-state index in [1.165, 1.54) is 18.2 Å². The second kappa shape index (κ2) is 4.81. The van der Waals surface area contributed by atoms with Crippen LogP contribution in [0.1, 0.15) is 10.4 Å². The first-order valence-electron chi connectivity index (χ1n) is 4.03. The zero-order valence-corrected chi connectivity index (χ0v) is 8.14. The van der Waals surface area contributed by atoms with Crippen molar-refractivity contribution in [1.29, 1.82) is 0 Å². The van der Waals surface area contributed by atoms with Crippen molar-refractivity contribution in [2.45, 2.75) is 0 Å². The Balaban J connectivity index is 2.79. The minimum absolute atomic E-state index is 0.00868. The second-order valence-corrected chi connectivity index (χ2v) is 3.15. The van der Waals surface area contributed by atoms with Crippen LogP contribution in [0.15, 0.2) is 18.2 Å². The van der Waals surface area contributed by atoms with Crippen molar-refractivity contribution in [2.75, 3.05) is 19.0 Å². The van der Waals surface area contributed by atoms with Gasteiger partial charge in [-0.3, -0.25) is 4.79 Å². The summed E-state index contributed by atoms with van der Waals surface area (Å²) in [6, 6.07) is 4.50. The lowest BCUT2D eigenvalue weighted by Gasteiger charge is -2.04. The summed E-state index contributed by atoms with van der Waals surface area (Å²) in [5, 5.41) is 2.76. The van der Waals surface area contributed by atoms with Crippen molar-refractivity contribution in [2.24, 2.45) is 0 Å². The van der Waals surface area contributed by atoms with Gasteiger partial charge in [0.2, 0.25) is 0 Å². The van der Waals surface area contributed by atoms with Crippen LogP contribution in [0.5, 0.6) is 0 Å². The number of benzene rings is 1. The minimum atomic E-state index is -0.595. The van der Waals surface area contributed by atoms with Crippen LogP contribution < -0.4 is 11.1 Å². The molecule has 0 bridgehead atoms. The van der Waals surface area contributed by atoms with Crippen molar-refractivity contribution in [1.82, 2.24) is 5.32 Å². The van der Waals surface area contributed by atoms with E-state index in [0.717, 1.165) is 0 Å². The maximum Gasteiger partial charge on any atom is 0.251 e. The van der Waals surface area contributed by atoms with E-state index < -0.39 is 6.67 Å². The van der Waals surface area contributed by atoms with Gasteiger partial charge in [-0.2, -0.15) is 0 Å². The molecule has 0 spiro atoms. The molecule has 14 heavy (non-hydrogen) atoms. The first kappa shape index (κ1) is 10.8. The Morgan fingerprint density at radius 2 is 2.21 bits per heavy atom. The number of carbonyl (C=O) groups excluding carboxylic acids is 1. The van der Waals surface area contributed by atoms with Crippen molar-refractivity contribution >= 4 is 23.2 Å². The highest BCUT2D eigenvalue weighted by Crippen LogP contribution is 2.16. The average molecular weight is 217 g/mol. The SMILES string of the molecule is Nc1cc(Cl)cc(C(=O)NCCF)c1. The number of halogens is 2. The summed E-state index contributed by atoms with van der Waals surface area (Å²) in [6.07, 6.45) is 0. The Kier molecular flexibility index (Phi) is 3.71. The molecule has 1 aromatic rings. The number of nitrogens with one attached hydrogen (secondary N) is 1. The molecule has 1 amide bonds. The average Bonchev–Trinajstić information content (AvgIpc) is 2.12. The van der Waals surface area contributed by atoms with Gasteiger partial charge < -0.3 is 11.1 Å². The molecule has 0 aromatic heterocycles. The molecule has 3 nitrogen and oxygen atoms in total. The minimum Gasteiger partial charge on any atom is -0.399 e. The summed E-state index contributed by atoms with van der Waals surface area (Å²) in [7, 11) is 0. The van der Waals surface area contributed by atoms with Crippen LogP contribution in [0.2, 0.25) is 5.02 Å². The highest BCUT2D eigenvalue weighted by atomic mass is 35.5. The Hall–Kier alpha value is -1.29. The van der Waals surface area contributed by atoms with E-state index in [2.05, 4.69) is 5.32 Å². The maximum absolute atomic E-state index is 11.8. The van der Waals surface area contributed by atoms with Crippen LogP contribution in [0, 0.1) is 0 Å². The van der Waals surface area contributed by atoms with Gasteiger partial charge in [0.1, 0.15) is 6.67 Å². The quantitative estimate of drug-likeness (QED) is 0.755. The molecule has 3 N–H and O–H groups in total. The van der Waals surface area contributed by atoms with E-state index in [4.69, 9.17) is 17.3 Å². The monoisotopic (exact) mass is 216 g/mol. The normalized spacial score (nSPS) is 9.86. The van der Waals surface area contributed by atoms with Gasteiger partial charge in [-0.05, 0) is 18.2 Å². The number of nitrogen functional groups attached to an aromatic ring is 1. The number of hydrogen-bond donors (Lipinski definition) is 2. The van der Waals surface area contributed by atoms with Crippen LogP contribution in [-0.4, -0.2) is 19.1 Å². The predicted octanol–water partition coefficient (Wildman–Crippen LogP) is 1.62. The van der Waals surface area contributed by atoms with Gasteiger partial charge in [0.25, 0.3) is 5.91 Å². The third-order valence-electron chi connectivity index (χ3n) is 1.56. The first-order valence-corrected chi connectivity index (χ1v) is 4.41. The third kappa shape index (κ3) is 2.88. The molecule has 0 aliphatic rings. The van der Waals surface area contributed by atoms with Gasteiger partial charge in [-0.15, -0.1) is 0 Å². The lowest BCUT2D eigenvalue weighted by atomic mass is 10.2. The van der Waals surface area contributed by atoms with E-state index in [0.29, 0.717) is 16.3 Å². The fourth-order valence-electron chi connectivity index (χ4n) is 1.01. The fraction of sp³-hybridized carbons (Fsp3) is 0.222. The van der Waals surface area contributed by atoms with Crippen molar-refractivity contribution in [3.8, 4) is 0 Å². The molecule has 76 valence electrons. The Morgan fingerprint density at radius 3 is 2.79 bits per heavy atom. The van der Waals surface area contributed by atoms with E-state index in [-0.39, 0.29) is 12.5 Å². The fourth-order valence-corrected chi connectivity index (χ4v) is 1.25. The lowest BCUT2D eigenvalue weighted by molar-refractivity contribution is 0.0951. The molecule has 1 aromatic carbocycles. The highest BCUT2D eigenvalue weighted by molar-refractivity contribution is 6.31. The Morgan fingerprint density at radius 1 is 1.50 bits per heavy atom. The molecule has 0 saturated heterocycles. The molecule has 0 aliphatic carbocycles. The molecule has 0 aliphatic heterocycles. The van der Waals surface area contributed by atoms with Crippen LogP contribution in [-0.2, 0) is 0 Å². The summed E-state index contributed by atoms with van der Waals surface area (Å²) in [5.74, 6) is -0.378. The van der Waals surface area contributed by atoms with Gasteiger partial charge in [0.15, 0.2) is 0 Å². The largest absolute Gasteiger partial charge is 0.399 e. The van der Waals surface area contributed by atoms with Crippen LogP contribution in [0.3, 0.4) is 0 Å².